The standard InChI is InChI=1S/C18H23N3O4S.2C18H23N3O3S.C18H23N3O2S.C17H19N3O2S.2CH3O.CH4/c1-11-9-21(22)16(12(2)17(11)25-4)10-26(5,23)18-19-14-7-6-13(24-3)8-15(14)20-18;1-11-9-19-16(12(2)17(11)24-4)10-25(5,22)18-20-14-7-6-13(23-3)8-15(14)21-18;1-11-9-21(22)17(13(3)12(11)2)10-25(5,23)18-19-15-7-6-14(24-4)8-16(15)20-18;1-11-9-19-17(13(3)12(11)2)10-24(5,22)18-20-15-7-6-14(23-4)8-16(15)21-18;1-10-8-20(21)16(12(3)11(10)2)9-23-17-18-14-6-5-13(22-4)7-15(14)19-17;2*1-2;/h6-9,23H,10H2,1-5H3,(H,19,20);6-9,22H,10H2,1-5H3,(H,20,21);6-9,23H,10H2,1-5H3,(H,19,20);6-9,22H,10H2,1-5H3,(H,20,21);5-8H,9H2,1-4H3,(H,18,19);2*1H3;1H4/q;;;;;2*-1;. The van der Waals surface area contributed by atoms with Crippen LogP contribution in [0.1, 0.15) is 108 Å². The van der Waals surface area contributed by atoms with Crippen LogP contribution in [0.2, 0.25) is 0 Å². The summed E-state index contributed by atoms with van der Waals surface area (Å²) in [4.78, 5) is 47.8. The van der Waals surface area contributed by atoms with E-state index >= 15 is 0 Å². The molecule has 9 N–H and O–H groups in total. The molecule has 0 fully saturated rings. The van der Waals surface area contributed by atoms with E-state index in [4.69, 9.17) is 43.4 Å². The van der Waals surface area contributed by atoms with E-state index in [9.17, 15) is 33.8 Å². The number of hydrogen-bond donors (Lipinski definition) is 9. The Bertz CT molecular complexity index is 6390. The molecule has 0 aliphatic carbocycles. The van der Waals surface area contributed by atoms with Crippen LogP contribution in [0.4, 0.5) is 0 Å². The molecule has 0 saturated carbocycles. The van der Waals surface area contributed by atoms with Crippen LogP contribution in [0.3, 0.4) is 0 Å². The van der Waals surface area contributed by atoms with Crippen molar-refractivity contribution in [2.24, 2.45) is 0 Å². The lowest BCUT2D eigenvalue weighted by Crippen LogP contribution is -2.34. The van der Waals surface area contributed by atoms with Crippen LogP contribution >= 0.6 is 53.0 Å². The van der Waals surface area contributed by atoms with Crippen molar-refractivity contribution in [2.75, 3.05) is 89.0 Å². The number of ether oxygens (including phenoxy) is 7. The van der Waals surface area contributed by atoms with E-state index in [1.54, 1.807) is 80.9 Å². The van der Waals surface area contributed by atoms with Gasteiger partial charge < -0.3 is 102 Å². The van der Waals surface area contributed by atoms with Crippen LogP contribution in [-0.2, 0) is 28.8 Å². The molecule has 692 valence electrons. The minimum atomic E-state index is -2.36. The average molecular weight is 1850 g/mol. The number of nitrogens with zero attached hydrogens (tertiary/aromatic N) is 10. The first-order valence-electron chi connectivity index (χ1n) is 39.8. The number of pyridine rings is 5. The topological polar surface area (TPSA) is 442 Å². The summed E-state index contributed by atoms with van der Waals surface area (Å²) in [6.07, 6.45) is 15.5. The summed E-state index contributed by atoms with van der Waals surface area (Å²) in [5.41, 5.74) is 24.9. The van der Waals surface area contributed by atoms with Gasteiger partial charge >= 0.3 is 0 Å². The number of hydrogen-bond acceptors (Lipinski definition) is 24. The maximum atomic E-state index is 12.4. The molecule has 4 atom stereocenters. The fourth-order valence-corrected chi connectivity index (χ4v) is 21.3. The normalized spacial score (nSPS) is 13.8. The van der Waals surface area contributed by atoms with Gasteiger partial charge in [-0.2, -0.15) is 28.4 Å². The smallest absolute Gasteiger partial charge is 0.210 e. The van der Waals surface area contributed by atoms with E-state index in [0.717, 1.165) is 190 Å². The molecule has 36 heteroatoms. The first-order valence-corrected chi connectivity index (χ1v) is 49.4. The van der Waals surface area contributed by atoms with Gasteiger partial charge in [-0.3, -0.25) is 9.97 Å². The van der Waals surface area contributed by atoms with Crippen molar-refractivity contribution in [2.45, 2.75) is 152 Å². The zero-order valence-corrected chi connectivity index (χ0v) is 80.9. The van der Waals surface area contributed by atoms with Gasteiger partial charge in [0.05, 0.1) is 145 Å². The summed E-state index contributed by atoms with van der Waals surface area (Å²) in [7, 11) is 3.87. The molecular weight excluding hydrogens is 1730 g/mol. The molecule has 0 spiro atoms. The van der Waals surface area contributed by atoms with Crippen LogP contribution in [0, 0.1) is 106 Å². The Balaban J connectivity index is 0.000000195. The van der Waals surface area contributed by atoms with Crippen molar-refractivity contribution in [1.82, 2.24) is 59.8 Å². The minimum Gasteiger partial charge on any atom is -0.857 e. The van der Waals surface area contributed by atoms with E-state index < -0.39 is 41.2 Å². The van der Waals surface area contributed by atoms with E-state index in [1.807, 2.05) is 179 Å². The number of nitrogens with one attached hydrogen (secondary N) is 5. The number of imidazole rings is 5. The number of aromatic nitrogens is 15. The van der Waals surface area contributed by atoms with Crippen molar-refractivity contribution in [1.29, 1.82) is 0 Å². The van der Waals surface area contributed by atoms with Crippen LogP contribution < -0.4 is 57.6 Å². The summed E-state index contributed by atoms with van der Waals surface area (Å²) in [6, 6.07) is 28.0. The lowest BCUT2D eigenvalue weighted by Gasteiger charge is -2.27. The summed E-state index contributed by atoms with van der Waals surface area (Å²) >= 11 is 1.53. The molecule has 15 rings (SSSR count). The van der Waals surface area contributed by atoms with E-state index in [0.29, 0.717) is 60.8 Å². The van der Waals surface area contributed by atoms with Crippen LogP contribution in [0.25, 0.3) is 55.2 Å². The Morgan fingerprint density at radius 2 is 0.609 bits per heavy atom. The Kier molecular flexibility index (Phi) is 34.8. The summed E-state index contributed by atoms with van der Waals surface area (Å²) < 4.78 is 84.0. The number of methoxy groups -OCH3 is 7. The number of thioether (sulfide) groups is 1. The molecule has 5 aromatic carbocycles. The molecule has 0 radical (unpaired) electrons. The fraction of sp³-hybridized carbons (Fsp3) is 0.348. The Hall–Kier alpha value is -11.3. The number of aryl methyl sites for hydroxylation is 5. The highest BCUT2D eigenvalue weighted by molar-refractivity contribution is 8.28. The van der Waals surface area contributed by atoms with E-state index in [1.165, 1.54) is 34.6 Å². The van der Waals surface area contributed by atoms with Gasteiger partial charge in [0.25, 0.3) is 0 Å². The molecule has 10 heterocycles. The first-order chi connectivity index (χ1) is 60.1. The van der Waals surface area contributed by atoms with Crippen LogP contribution in [0.15, 0.2) is 148 Å². The third kappa shape index (κ3) is 23.6. The van der Waals surface area contributed by atoms with Gasteiger partial charge in [-0.25, -0.2) is 24.9 Å². The quantitative estimate of drug-likeness (QED) is 0.0173. The van der Waals surface area contributed by atoms with Crippen molar-refractivity contribution in [3.05, 3.63) is 238 Å². The highest BCUT2D eigenvalue weighted by Crippen LogP contribution is 2.54. The molecule has 128 heavy (non-hydrogen) atoms. The molecule has 0 aliphatic heterocycles. The second-order valence-electron chi connectivity index (χ2n) is 30.7. The van der Waals surface area contributed by atoms with Crippen LogP contribution in [0.5, 0.6) is 40.2 Å². The van der Waals surface area contributed by atoms with Crippen molar-refractivity contribution in [3.63, 3.8) is 0 Å². The van der Waals surface area contributed by atoms with Crippen molar-refractivity contribution >= 4 is 108 Å². The average Bonchev–Trinajstić information content (AvgIpc) is 1.52. The third-order valence-corrected chi connectivity index (χ3v) is 30.3. The second-order valence-corrected chi connectivity index (χ2v) is 42.7. The zero-order valence-electron chi connectivity index (χ0n) is 76.8. The Morgan fingerprint density at radius 3 is 0.961 bits per heavy atom. The molecule has 0 saturated heterocycles. The third-order valence-electron chi connectivity index (χ3n) is 22.0. The van der Waals surface area contributed by atoms with Crippen LogP contribution in [-0.4, -0.2) is 167 Å². The number of H-pyrrole nitrogens is 5. The molecule has 0 amide bonds. The first kappa shape index (κ1) is 102. The highest BCUT2D eigenvalue weighted by Gasteiger charge is 2.33. The van der Waals surface area contributed by atoms with Gasteiger partial charge in [-0.15, -0.1) is 0 Å². The largest absolute Gasteiger partial charge is 0.857 e. The minimum absolute atomic E-state index is 0. The Labute approximate surface area is 758 Å². The fourth-order valence-electron chi connectivity index (χ4n) is 13.9. The SMILES string of the molecule is C.COc1ccc2nc(S(C)(O)Cc3c(C)c(C)c(C)c[n+]3[O-])[nH]c2c1.COc1ccc2nc(S(C)(O)Cc3c(C)c(OC)c(C)c[n+]3[O-])[nH]c2c1.COc1ccc2nc(S(C)(O)Cc3ncc(C)c(C)c3C)[nH]c2c1.COc1ccc2nc(S(C)(O)Cc3ncc(C)c(OC)c3C)[nH]c2c1.COc1ccc2nc(SCc3c(C)c(C)c(C)c[n+]3[O-])[nH]c2c1.C[O-].C[O-]. The van der Waals surface area contributed by atoms with E-state index in [-0.39, 0.29) is 18.9 Å². The zero-order chi connectivity index (χ0) is 93.6. The molecule has 0 aliphatic rings. The highest BCUT2D eigenvalue weighted by atomic mass is 32.3. The van der Waals surface area contributed by atoms with Gasteiger partial charge in [0.2, 0.25) is 17.1 Å². The predicted molar refractivity (Wildman–Crippen MR) is 513 cm³/mol. The second kappa shape index (κ2) is 43.7. The summed E-state index contributed by atoms with van der Waals surface area (Å²) in [5.74, 6) is 7.11. The molecule has 31 nitrogen and oxygen atoms in total. The number of aromatic amines is 5. The number of benzene rings is 5. The Morgan fingerprint density at radius 1 is 0.328 bits per heavy atom. The van der Waals surface area contributed by atoms with Gasteiger partial charge in [0.15, 0.2) is 44.4 Å². The van der Waals surface area contributed by atoms with Gasteiger partial charge in [0.1, 0.15) is 40.2 Å². The van der Waals surface area contributed by atoms with Gasteiger partial charge in [-0.1, -0.05) is 60.4 Å². The maximum Gasteiger partial charge on any atom is 0.210 e. The van der Waals surface area contributed by atoms with Crippen molar-refractivity contribution in [3.8, 4) is 40.2 Å². The molecule has 0 bridgehead atoms. The molecular formula is C92H121N15O16S5-2. The molecule has 10 aromatic heterocycles. The lowest BCUT2D eigenvalue weighted by molar-refractivity contribution is -0.613. The van der Waals surface area contributed by atoms with Gasteiger partial charge in [0, 0.05) is 87.6 Å². The monoisotopic (exact) mass is 1850 g/mol. The van der Waals surface area contributed by atoms with Crippen molar-refractivity contribution < 1.29 is 75.8 Å². The number of rotatable bonds is 22. The summed E-state index contributed by atoms with van der Waals surface area (Å²) in [6.45, 7) is 25.6. The van der Waals surface area contributed by atoms with Gasteiger partial charge in [-0.05, 0) is 204 Å². The molecule has 15 aromatic rings. The summed E-state index contributed by atoms with van der Waals surface area (Å²) in [5, 5.41) is 56.4. The lowest BCUT2D eigenvalue weighted by atomic mass is 10.1. The van der Waals surface area contributed by atoms with E-state index in [2.05, 4.69) is 80.6 Å². The maximum absolute atomic E-state index is 12.4. The number of fused-ring (bicyclic) bond motifs is 5. The predicted octanol–water partition coefficient (Wildman–Crippen LogP) is 17.3. The molecule has 4 unspecified atom stereocenters.